The summed E-state index contributed by atoms with van der Waals surface area (Å²) in [5.41, 5.74) is 4.85. The van der Waals surface area contributed by atoms with Crippen molar-refractivity contribution in [1.82, 2.24) is 9.55 Å². The van der Waals surface area contributed by atoms with Gasteiger partial charge in [0.05, 0.1) is 6.33 Å². The number of aromatic nitrogens is 2. The lowest BCUT2D eigenvalue weighted by atomic mass is 10.0. The predicted molar refractivity (Wildman–Crippen MR) is 86.8 cm³/mol. The summed E-state index contributed by atoms with van der Waals surface area (Å²) in [7, 11) is 0. The second-order valence-corrected chi connectivity index (χ2v) is 5.24. The Bertz CT molecular complexity index is 717. The van der Waals surface area contributed by atoms with E-state index < -0.39 is 0 Å². The van der Waals surface area contributed by atoms with E-state index in [-0.39, 0.29) is 6.04 Å². The van der Waals surface area contributed by atoms with E-state index in [0.717, 1.165) is 11.4 Å². The molecule has 2 aromatic carbocycles. The third-order valence-electron chi connectivity index (χ3n) is 3.69. The zero-order valence-corrected chi connectivity index (χ0v) is 12.3. The molecular weight excluding hydrogens is 258 g/mol. The van der Waals surface area contributed by atoms with Gasteiger partial charge in [0.2, 0.25) is 0 Å². The normalized spacial score (nSPS) is 12.1. The molecule has 0 aliphatic heterocycles. The minimum absolute atomic E-state index is 0.268. The van der Waals surface area contributed by atoms with Gasteiger partial charge < -0.3 is 9.88 Å². The van der Waals surface area contributed by atoms with Crippen molar-refractivity contribution >= 4 is 5.69 Å². The lowest BCUT2D eigenvalue weighted by Gasteiger charge is -2.18. The molecular formula is C18H19N3. The summed E-state index contributed by atoms with van der Waals surface area (Å²) in [4.78, 5) is 4.09. The Labute approximate surface area is 125 Å². The van der Waals surface area contributed by atoms with Crippen LogP contribution >= 0.6 is 0 Å². The maximum absolute atomic E-state index is 4.09. The number of hydrogen-bond donors (Lipinski definition) is 1. The number of aryl methyl sites for hydroxylation is 1. The number of benzene rings is 2. The van der Waals surface area contributed by atoms with Crippen LogP contribution in [0, 0.1) is 6.92 Å². The van der Waals surface area contributed by atoms with Gasteiger partial charge in [0.1, 0.15) is 0 Å². The molecule has 106 valence electrons. The minimum atomic E-state index is 0.268. The molecule has 0 saturated heterocycles. The number of imidazole rings is 1. The van der Waals surface area contributed by atoms with Crippen LogP contribution in [0.4, 0.5) is 5.69 Å². The zero-order chi connectivity index (χ0) is 14.7. The Kier molecular flexibility index (Phi) is 3.73. The Morgan fingerprint density at radius 1 is 1.10 bits per heavy atom. The topological polar surface area (TPSA) is 29.9 Å². The van der Waals surface area contributed by atoms with E-state index in [9.17, 15) is 0 Å². The minimum Gasteiger partial charge on any atom is -0.378 e. The Hall–Kier alpha value is -2.55. The summed E-state index contributed by atoms with van der Waals surface area (Å²) in [5, 5.41) is 3.57. The smallest absolute Gasteiger partial charge is 0.0991 e. The fourth-order valence-corrected chi connectivity index (χ4v) is 2.57. The Morgan fingerprint density at radius 3 is 2.71 bits per heavy atom. The first-order valence-corrected chi connectivity index (χ1v) is 7.14. The van der Waals surface area contributed by atoms with E-state index in [1.807, 2.05) is 17.1 Å². The van der Waals surface area contributed by atoms with Crippen LogP contribution in [0.1, 0.15) is 24.1 Å². The van der Waals surface area contributed by atoms with Gasteiger partial charge in [-0.05, 0) is 43.2 Å². The van der Waals surface area contributed by atoms with Gasteiger partial charge in [0.25, 0.3) is 0 Å². The maximum atomic E-state index is 4.09. The predicted octanol–water partition coefficient (Wildman–Crippen LogP) is 4.35. The molecule has 1 heterocycles. The molecule has 0 aliphatic rings. The highest BCUT2D eigenvalue weighted by molar-refractivity contribution is 5.52. The first-order chi connectivity index (χ1) is 10.2. The van der Waals surface area contributed by atoms with Crippen molar-refractivity contribution in [3.8, 4) is 5.69 Å². The molecule has 0 bridgehead atoms. The van der Waals surface area contributed by atoms with E-state index in [2.05, 4.69) is 72.7 Å². The molecule has 1 atom stereocenters. The van der Waals surface area contributed by atoms with Crippen molar-refractivity contribution < 1.29 is 0 Å². The highest BCUT2D eigenvalue weighted by Gasteiger charge is 2.08. The van der Waals surface area contributed by atoms with Crippen LogP contribution in [0.15, 0.2) is 67.3 Å². The number of anilines is 1. The average molecular weight is 277 g/mol. The highest BCUT2D eigenvalue weighted by atomic mass is 15.0. The molecule has 0 radical (unpaired) electrons. The van der Waals surface area contributed by atoms with E-state index in [4.69, 9.17) is 0 Å². The van der Waals surface area contributed by atoms with Crippen LogP contribution in [0.25, 0.3) is 5.69 Å². The van der Waals surface area contributed by atoms with Crippen molar-refractivity contribution in [2.24, 2.45) is 0 Å². The molecule has 3 rings (SSSR count). The average Bonchev–Trinajstić information content (AvgIpc) is 3.02. The third kappa shape index (κ3) is 2.97. The van der Waals surface area contributed by atoms with Gasteiger partial charge in [-0.1, -0.05) is 30.3 Å². The van der Waals surface area contributed by atoms with E-state index in [0.29, 0.717) is 0 Å². The third-order valence-corrected chi connectivity index (χ3v) is 3.69. The standard InChI is InChI=1S/C18H19N3/c1-14-6-3-4-9-18(14)15(2)20-16-7-5-8-17(12-16)21-11-10-19-13-21/h3-13,15,20H,1-2H3. The molecule has 21 heavy (non-hydrogen) atoms. The molecule has 0 saturated carbocycles. The number of nitrogens with one attached hydrogen (secondary N) is 1. The number of rotatable bonds is 4. The Balaban J connectivity index is 1.82. The van der Waals surface area contributed by atoms with Crippen LogP contribution in [-0.2, 0) is 0 Å². The van der Waals surface area contributed by atoms with Gasteiger partial charge >= 0.3 is 0 Å². The van der Waals surface area contributed by atoms with E-state index in [1.54, 1.807) is 6.20 Å². The van der Waals surface area contributed by atoms with Crippen LogP contribution in [0.5, 0.6) is 0 Å². The molecule has 3 heteroatoms. The molecule has 3 nitrogen and oxygen atoms in total. The van der Waals surface area contributed by atoms with Crippen LogP contribution in [-0.4, -0.2) is 9.55 Å². The summed E-state index contributed by atoms with van der Waals surface area (Å²) >= 11 is 0. The van der Waals surface area contributed by atoms with E-state index in [1.165, 1.54) is 11.1 Å². The first kappa shape index (κ1) is 13.4. The maximum Gasteiger partial charge on any atom is 0.0991 e. The fraction of sp³-hybridized carbons (Fsp3) is 0.167. The van der Waals surface area contributed by atoms with Gasteiger partial charge in [-0.3, -0.25) is 0 Å². The molecule has 1 unspecified atom stereocenters. The summed E-state index contributed by atoms with van der Waals surface area (Å²) in [6.45, 7) is 4.33. The van der Waals surface area contributed by atoms with Gasteiger partial charge in [0, 0.05) is 29.8 Å². The van der Waals surface area contributed by atoms with Gasteiger partial charge in [-0.15, -0.1) is 0 Å². The second-order valence-electron chi connectivity index (χ2n) is 5.24. The molecule has 0 aliphatic carbocycles. The Morgan fingerprint density at radius 2 is 1.95 bits per heavy atom. The molecule has 0 fully saturated rings. The van der Waals surface area contributed by atoms with Crippen molar-refractivity contribution in [3.63, 3.8) is 0 Å². The van der Waals surface area contributed by atoms with Crippen molar-refractivity contribution in [1.29, 1.82) is 0 Å². The zero-order valence-electron chi connectivity index (χ0n) is 12.3. The van der Waals surface area contributed by atoms with Crippen molar-refractivity contribution in [2.75, 3.05) is 5.32 Å². The molecule has 1 aromatic heterocycles. The van der Waals surface area contributed by atoms with Crippen LogP contribution in [0.2, 0.25) is 0 Å². The summed E-state index contributed by atoms with van der Waals surface area (Å²) < 4.78 is 2.00. The lowest BCUT2D eigenvalue weighted by molar-refractivity contribution is 0.873. The van der Waals surface area contributed by atoms with Gasteiger partial charge in [-0.25, -0.2) is 4.98 Å². The lowest BCUT2D eigenvalue weighted by Crippen LogP contribution is -2.08. The fourth-order valence-electron chi connectivity index (χ4n) is 2.57. The van der Waals surface area contributed by atoms with Gasteiger partial charge in [0.15, 0.2) is 0 Å². The highest BCUT2D eigenvalue weighted by Crippen LogP contribution is 2.23. The molecule has 0 spiro atoms. The SMILES string of the molecule is Cc1ccccc1C(C)Nc1cccc(-n2ccnc2)c1. The number of nitrogens with zero attached hydrogens (tertiary/aromatic N) is 2. The molecule has 1 N–H and O–H groups in total. The summed E-state index contributed by atoms with van der Waals surface area (Å²) in [6.07, 6.45) is 5.55. The van der Waals surface area contributed by atoms with Crippen molar-refractivity contribution in [3.05, 3.63) is 78.4 Å². The van der Waals surface area contributed by atoms with E-state index >= 15 is 0 Å². The monoisotopic (exact) mass is 277 g/mol. The first-order valence-electron chi connectivity index (χ1n) is 7.14. The quantitative estimate of drug-likeness (QED) is 0.768. The summed E-state index contributed by atoms with van der Waals surface area (Å²) in [5.74, 6) is 0. The van der Waals surface area contributed by atoms with Gasteiger partial charge in [-0.2, -0.15) is 0 Å². The second kappa shape index (κ2) is 5.83. The molecule has 3 aromatic rings. The van der Waals surface area contributed by atoms with Crippen molar-refractivity contribution in [2.45, 2.75) is 19.9 Å². The van der Waals surface area contributed by atoms with Crippen LogP contribution in [0.3, 0.4) is 0 Å². The summed E-state index contributed by atoms with van der Waals surface area (Å²) in [6, 6.07) is 17.1. The number of hydrogen-bond acceptors (Lipinski definition) is 2. The molecule has 0 amide bonds. The van der Waals surface area contributed by atoms with Crippen LogP contribution < -0.4 is 5.32 Å². The largest absolute Gasteiger partial charge is 0.378 e.